The number of aliphatic hydroxyl groups is 1. The van der Waals surface area contributed by atoms with E-state index in [1.165, 1.54) is 0 Å². The van der Waals surface area contributed by atoms with E-state index in [0.717, 1.165) is 24.2 Å². The fraction of sp³-hybridized carbons (Fsp3) is 0.611. The minimum atomic E-state index is -1.10. The van der Waals surface area contributed by atoms with Crippen LogP contribution in [0.3, 0.4) is 0 Å². The van der Waals surface area contributed by atoms with Crippen molar-refractivity contribution >= 4 is 5.91 Å². The molecule has 0 bridgehead atoms. The summed E-state index contributed by atoms with van der Waals surface area (Å²) in [4.78, 5) is 14.2. The highest BCUT2D eigenvalue weighted by atomic mass is 16.5. The lowest BCUT2D eigenvalue weighted by Crippen LogP contribution is -2.49. The van der Waals surface area contributed by atoms with Crippen molar-refractivity contribution in [1.82, 2.24) is 4.90 Å². The molecule has 0 saturated carbocycles. The predicted octanol–water partition coefficient (Wildman–Crippen LogP) is 2.32. The Bertz CT molecular complexity index is 524. The summed E-state index contributed by atoms with van der Waals surface area (Å²) < 4.78 is 10.6. The Morgan fingerprint density at radius 3 is 2.61 bits per heavy atom. The van der Waals surface area contributed by atoms with E-state index in [1.807, 2.05) is 38.1 Å². The number of nitrogens with zero attached hydrogens (tertiary/aromatic N) is 1. The Morgan fingerprint density at radius 2 is 2.04 bits per heavy atom. The molecule has 1 aliphatic rings. The van der Waals surface area contributed by atoms with Gasteiger partial charge in [-0.2, -0.15) is 0 Å². The zero-order chi connectivity index (χ0) is 17.0. The molecule has 1 aromatic rings. The van der Waals surface area contributed by atoms with Crippen molar-refractivity contribution in [1.29, 1.82) is 0 Å². The van der Waals surface area contributed by atoms with Crippen molar-refractivity contribution in [3.8, 4) is 5.75 Å². The van der Waals surface area contributed by atoms with E-state index in [-0.39, 0.29) is 24.7 Å². The van der Waals surface area contributed by atoms with E-state index in [4.69, 9.17) is 9.47 Å². The van der Waals surface area contributed by atoms with Gasteiger partial charge in [0, 0.05) is 6.54 Å². The SMILES string of the molecule is COc1ccc([C@](C)(O)[C@@H]2CCCN2C(=O)COC(C)C)cc1. The van der Waals surface area contributed by atoms with Gasteiger partial charge in [-0.15, -0.1) is 0 Å². The molecule has 5 nitrogen and oxygen atoms in total. The molecule has 1 N–H and O–H groups in total. The van der Waals surface area contributed by atoms with E-state index >= 15 is 0 Å². The van der Waals surface area contributed by atoms with Gasteiger partial charge in [-0.05, 0) is 51.3 Å². The Morgan fingerprint density at radius 1 is 1.39 bits per heavy atom. The first-order valence-corrected chi connectivity index (χ1v) is 8.14. The third-order valence-electron chi connectivity index (χ3n) is 4.44. The van der Waals surface area contributed by atoms with Gasteiger partial charge in [0.05, 0.1) is 19.3 Å². The zero-order valence-electron chi connectivity index (χ0n) is 14.4. The highest BCUT2D eigenvalue weighted by Gasteiger charge is 2.42. The van der Waals surface area contributed by atoms with Gasteiger partial charge < -0.3 is 19.5 Å². The molecule has 1 heterocycles. The molecule has 2 atom stereocenters. The average Bonchev–Trinajstić information content (AvgIpc) is 3.03. The maximum Gasteiger partial charge on any atom is 0.248 e. The first-order chi connectivity index (χ1) is 10.9. The van der Waals surface area contributed by atoms with E-state index < -0.39 is 5.60 Å². The Labute approximate surface area is 138 Å². The molecule has 23 heavy (non-hydrogen) atoms. The number of carbonyl (C=O) groups is 1. The van der Waals surface area contributed by atoms with Crippen molar-refractivity contribution in [3.05, 3.63) is 29.8 Å². The third kappa shape index (κ3) is 4.03. The Kier molecular flexibility index (Phi) is 5.65. The number of amides is 1. The van der Waals surface area contributed by atoms with Crippen LogP contribution >= 0.6 is 0 Å². The van der Waals surface area contributed by atoms with E-state index in [2.05, 4.69) is 0 Å². The number of methoxy groups -OCH3 is 1. The number of hydrogen-bond donors (Lipinski definition) is 1. The quantitative estimate of drug-likeness (QED) is 0.873. The molecule has 0 radical (unpaired) electrons. The fourth-order valence-electron chi connectivity index (χ4n) is 3.09. The van der Waals surface area contributed by atoms with Crippen LogP contribution in [0.1, 0.15) is 39.2 Å². The van der Waals surface area contributed by atoms with Gasteiger partial charge in [-0.25, -0.2) is 0 Å². The van der Waals surface area contributed by atoms with Crippen LogP contribution in [0.5, 0.6) is 5.75 Å². The average molecular weight is 321 g/mol. The van der Waals surface area contributed by atoms with Crippen LogP contribution in [0.15, 0.2) is 24.3 Å². The smallest absolute Gasteiger partial charge is 0.248 e. The highest BCUT2D eigenvalue weighted by molar-refractivity contribution is 5.78. The summed E-state index contributed by atoms with van der Waals surface area (Å²) in [5.74, 6) is 0.684. The molecular formula is C18H27NO4. The van der Waals surface area contributed by atoms with Gasteiger partial charge in [0.15, 0.2) is 0 Å². The number of likely N-dealkylation sites (tertiary alicyclic amines) is 1. The first kappa shape index (κ1) is 17.8. The lowest BCUT2D eigenvalue weighted by molar-refractivity contribution is -0.144. The Hall–Kier alpha value is -1.59. The van der Waals surface area contributed by atoms with Crippen LogP contribution < -0.4 is 4.74 Å². The zero-order valence-corrected chi connectivity index (χ0v) is 14.4. The summed E-state index contributed by atoms with van der Waals surface area (Å²) in [6.45, 7) is 6.31. The molecule has 2 rings (SSSR count). The molecule has 1 saturated heterocycles. The molecule has 1 aliphatic heterocycles. The van der Waals surface area contributed by atoms with Crippen molar-refractivity contribution in [3.63, 3.8) is 0 Å². The molecule has 0 spiro atoms. The summed E-state index contributed by atoms with van der Waals surface area (Å²) in [6, 6.07) is 7.12. The number of benzene rings is 1. The first-order valence-electron chi connectivity index (χ1n) is 8.14. The maximum absolute atomic E-state index is 12.4. The third-order valence-corrected chi connectivity index (χ3v) is 4.44. The number of hydrogen-bond acceptors (Lipinski definition) is 4. The van der Waals surface area contributed by atoms with Gasteiger partial charge in [0.1, 0.15) is 18.0 Å². The molecule has 1 amide bonds. The largest absolute Gasteiger partial charge is 0.497 e. The molecule has 0 aliphatic carbocycles. The molecular weight excluding hydrogens is 294 g/mol. The van der Waals surface area contributed by atoms with Gasteiger partial charge in [0.2, 0.25) is 5.91 Å². The van der Waals surface area contributed by atoms with Crippen LogP contribution in [-0.4, -0.2) is 48.3 Å². The standard InChI is InChI=1S/C18H27NO4/c1-13(2)23-12-17(20)19-11-5-6-16(19)18(3,21)14-7-9-15(22-4)10-8-14/h7-10,13,16,21H,5-6,11-12H2,1-4H3/t16-,18-/m0/s1. The van der Waals surface area contributed by atoms with Crippen LogP contribution in [0, 0.1) is 0 Å². The van der Waals surface area contributed by atoms with Gasteiger partial charge >= 0.3 is 0 Å². The van der Waals surface area contributed by atoms with Gasteiger partial charge in [-0.1, -0.05) is 12.1 Å². The van der Waals surface area contributed by atoms with Crippen LogP contribution in [0.25, 0.3) is 0 Å². The molecule has 128 valence electrons. The number of ether oxygens (including phenoxy) is 2. The lowest BCUT2D eigenvalue weighted by Gasteiger charge is -2.37. The van der Waals surface area contributed by atoms with Gasteiger partial charge in [0.25, 0.3) is 0 Å². The van der Waals surface area contributed by atoms with Gasteiger partial charge in [-0.3, -0.25) is 4.79 Å². The molecule has 5 heteroatoms. The summed E-state index contributed by atoms with van der Waals surface area (Å²) >= 11 is 0. The van der Waals surface area contributed by atoms with Crippen molar-refractivity contribution in [2.24, 2.45) is 0 Å². The summed E-state index contributed by atoms with van der Waals surface area (Å²) in [5, 5.41) is 11.1. The number of carbonyl (C=O) groups excluding carboxylic acids is 1. The highest BCUT2D eigenvalue weighted by Crippen LogP contribution is 2.35. The molecule has 1 aromatic carbocycles. The van der Waals surface area contributed by atoms with E-state index in [9.17, 15) is 9.90 Å². The van der Waals surface area contributed by atoms with Crippen LogP contribution in [0.2, 0.25) is 0 Å². The molecule has 0 aromatic heterocycles. The fourth-order valence-corrected chi connectivity index (χ4v) is 3.09. The molecule has 1 fully saturated rings. The van der Waals surface area contributed by atoms with Crippen LogP contribution in [0.4, 0.5) is 0 Å². The normalized spacial score (nSPS) is 20.6. The Balaban J connectivity index is 2.14. The summed E-state index contributed by atoms with van der Waals surface area (Å²) in [6.07, 6.45) is 1.69. The monoisotopic (exact) mass is 321 g/mol. The number of rotatable bonds is 6. The predicted molar refractivity (Wildman–Crippen MR) is 88.4 cm³/mol. The minimum absolute atomic E-state index is 0.0158. The molecule has 0 unspecified atom stereocenters. The maximum atomic E-state index is 12.4. The lowest BCUT2D eigenvalue weighted by atomic mass is 9.86. The van der Waals surface area contributed by atoms with E-state index in [0.29, 0.717) is 6.54 Å². The summed E-state index contributed by atoms with van der Waals surface area (Å²) in [5.41, 5.74) is -0.316. The van der Waals surface area contributed by atoms with Crippen molar-refractivity contribution in [2.45, 2.75) is 51.4 Å². The second kappa shape index (κ2) is 7.32. The second-order valence-electron chi connectivity index (χ2n) is 6.48. The summed E-state index contributed by atoms with van der Waals surface area (Å²) in [7, 11) is 1.61. The topological polar surface area (TPSA) is 59.0 Å². The van der Waals surface area contributed by atoms with E-state index in [1.54, 1.807) is 18.9 Å². The van der Waals surface area contributed by atoms with Crippen LogP contribution in [-0.2, 0) is 15.1 Å². The second-order valence-corrected chi connectivity index (χ2v) is 6.48. The minimum Gasteiger partial charge on any atom is -0.497 e. The van der Waals surface area contributed by atoms with Crippen molar-refractivity contribution < 1.29 is 19.4 Å². The van der Waals surface area contributed by atoms with Crippen molar-refractivity contribution in [2.75, 3.05) is 20.3 Å².